The minimum Gasteiger partial charge on any atom is -0.390 e. The molecule has 2 rings (SSSR count). The molecule has 2 nitrogen and oxygen atoms in total. The van der Waals surface area contributed by atoms with Crippen molar-refractivity contribution >= 4 is 22.9 Å². The highest BCUT2D eigenvalue weighted by Gasteiger charge is 2.26. The normalized spacial score (nSPS) is 28.2. The van der Waals surface area contributed by atoms with Gasteiger partial charge in [0.2, 0.25) is 0 Å². The highest BCUT2D eigenvalue weighted by atomic mass is 35.5. The van der Waals surface area contributed by atoms with Crippen LogP contribution in [0.5, 0.6) is 0 Å². The lowest BCUT2D eigenvalue weighted by Gasteiger charge is -2.10. The highest BCUT2D eigenvalue weighted by Crippen LogP contribution is 2.27. The third-order valence-electron chi connectivity index (χ3n) is 2.34. The first-order valence-corrected chi connectivity index (χ1v) is 5.51. The van der Waals surface area contributed by atoms with Crippen LogP contribution in [0.1, 0.15) is 5.56 Å². The van der Waals surface area contributed by atoms with E-state index in [-0.39, 0.29) is 12.0 Å². The lowest BCUT2D eigenvalue weighted by Crippen LogP contribution is -2.19. The van der Waals surface area contributed by atoms with Crippen LogP contribution in [0.3, 0.4) is 0 Å². The number of ether oxygens (including phenoxy) is 1. The van der Waals surface area contributed by atoms with Crippen LogP contribution in [-0.4, -0.2) is 24.4 Å². The van der Waals surface area contributed by atoms with Crippen molar-refractivity contribution in [2.24, 2.45) is 5.92 Å². The molecule has 1 N–H and O–H groups in total. The third kappa shape index (κ3) is 2.05. The number of hydrogen-bond acceptors (Lipinski definition) is 3. The second-order valence-corrected chi connectivity index (χ2v) is 4.81. The molecule has 1 saturated heterocycles. The van der Waals surface area contributed by atoms with Crippen molar-refractivity contribution in [2.45, 2.75) is 12.5 Å². The smallest absolute Gasteiger partial charge is 0.0960 e. The Hall–Kier alpha value is -0.0900. The summed E-state index contributed by atoms with van der Waals surface area (Å²) in [6.45, 7) is 1.11. The van der Waals surface area contributed by atoms with E-state index in [1.807, 2.05) is 11.4 Å². The van der Waals surface area contributed by atoms with Crippen molar-refractivity contribution in [1.29, 1.82) is 0 Å². The van der Waals surface area contributed by atoms with Crippen LogP contribution in [0, 0.1) is 5.92 Å². The number of aliphatic hydroxyl groups is 1. The van der Waals surface area contributed by atoms with Crippen molar-refractivity contribution in [2.75, 3.05) is 13.2 Å². The quantitative estimate of drug-likeness (QED) is 0.823. The topological polar surface area (TPSA) is 29.5 Å². The molecule has 0 bridgehead atoms. The number of hydrogen-bond donors (Lipinski definition) is 1. The Balaban J connectivity index is 2.01. The summed E-state index contributed by atoms with van der Waals surface area (Å²) in [4.78, 5) is 0. The molecule has 0 saturated carbocycles. The van der Waals surface area contributed by atoms with E-state index >= 15 is 0 Å². The second-order valence-electron chi connectivity index (χ2n) is 3.29. The molecule has 0 aliphatic carbocycles. The SMILES string of the molecule is OC1COCC1Cc1ccsc1Cl. The lowest BCUT2D eigenvalue weighted by molar-refractivity contribution is 0.118. The van der Waals surface area contributed by atoms with Crippen LogP contribution >= 0.6 is 22.9 Å². The minimum atomic E-state index is -0.323. The number of halogens is 1. The van der Waals surface area contributed by atoms with E-state index in [4.69, 9.17) is 16.3 Å². The van der Waals surface area contributed by atoms with Crippen LogP contribution in [0.25, 0.3) is 0 Å². The minimum absolute atomic E-state index is 0.215. The van der Waals surface area contributed by atoms with Gasteiger partial charge in [0.25, 0.3) is 0 Å². The molecule has 1 aliphatic heterocycles. The predicted octanol–water partition coefficient (Wildman–Crippen LogP) is 1.95. The summed E-state index contributed by atoms with van der Waals surface area (Å²) in [6, 6.07) is 2.01. The molecule has 0 spiro atoms. The Labute approximate surface area is 86.1 Å². The maximum atomic E-state index is 9.51. The molecule has 1 fully saturated rings. The number of rotatable bonds is 2. The fraction of sp³-hybridized carbons (Fsp3) is 0.556. The number of aliphatic hydroxyl groups excluding tert-OH is 1. The van der Waals surface area contributed by atoms with Gasteiger partial charge >= 0.3 is 0 Å². The Morgan fingerprint density at radius 3 is 3.00 bits per heavy atom. The van der Waals surface area contributed by atoms with E-state index in [1.165, 1.54) is 11.3 Å². The van der Waals surface area contributed by atoms with Gasteiger partial charge in [-0.3, -0.25) is 0 Å². The molecule has 72 valence electrons. The molecule has 2 unspecified atom stereocenters. The van der Waals surface area contributed by atoms with Gasteiger partial charge in [-0.1, -0.05) is 11.6 Å². The standard InChI is InChI=1S/C9H11ClO2S/c10-9-6(1-2-13-9)3-7-4-12-5-8(7)11/h1-2,7-8,11H,3-5H2. The van der Waals surface area contributed by atoms with E-state index in [1.54, 1.807) is 0 Å². The fourth-order valence-electron chi connectivity index (χ4n) is 1.53. The Morgan fingerprint density at radius 1 is 1.62 bits per heavy atom. The summed E-state index contributed by atoms with van der Waals surface area (Å²) in [5, 5.41) is 11.5. The molecule has 0 amide bonds. The highest BCUT2D eigenvalue weighted by molar-refractivity contribution is 7.14. The van der Waals surface area contributed by atoms with Crippen molar-refractivity contribution in [3.8, 4) is 0 Å². The van der Waals surface area contributed by atoms with Gasteiger partial charge in [0, 0.05) is 5.92 Å². The van der Waals surface area contributed by atoms with Crippen molar-refractivity contribution in [3.05, 3.63) is 21.3 Å². The Bertz CT molecular complexity index is 287. The molecule has 1 aromatic heterocycles. The van der Waals surface area contributed by atoms with Gasteiger partial charge in [-0.05, 0) is 23.4 Å². The van der Waals surface area contributed by atoms with E-state index in [0.29, 0.717) is 13.2 Å². The summed E-state index contributed by atoms with van der Waals surface area (Å²) in [5.74, 6) is 0.215. The first-order chi connectivity index (χ1) is 6.27. The van der Waals surface area contributed by atoms with E-state index in [9.17, 15) is 5.11 Å². The van der Waals surface area contributed by atoms with E-state index < -0.39 is 0 Å². The summed E-state index contributed by atoms with van der Waals surface area (Å²) in [6.07, 6.45) is 0.500. The van der Waals surface area contributed by atoms with Crippen molar-refractivity contribution in [1.82, 2.24) is 0 Å². The number of thiophene rings is 1. The first-order valence-electron chi connectivity index (χ1n) is 4.25. The Morgan fingerprint density at radius 2 is 2.46 bits per heavy atom. The zero-order valence-electron chi connectivity index (χ0n) is 7.07. The Kier molecular flexibility index (Phi) is 2.89. The van der Waals surface area contributed by atoms with Gasteiger partial charge in [-0.25, -0.2) is 0 Å². The molecular weight excluding hydrogens is 208 g/mol. The summed E-state index contributed by atoms with van der Waals surface area (Å²) < 4.78 is 6.00. The van der Waals surface area contributed by atoms with E-state index in [2.05, 4.69) is 0 Å². The monoisotopic (exact) mass is 218 g/mol. The van der Waals surface area contributed by atoms with Gasteiger partial charge < -0.3 is 9.84 Å². The summed E-state index contributed by atoms with van der Waals surface area (Å²) >= 11 is 7.49. The van der Waals surface area contributed by atoms with Gasteiger partial charge in [0.05, 0.1) is 23.7 Å². The first kappa shape index (κ1) is 9.46. The molecule has 1 aromatic rings. The zero-order valence-corrected chi connectivity index (χ0v) is 8.64. The van der Waals surface area contributed by atoms with Crippen molar-refractivity contribution in [3.63, 3.8) is 0 Å². The molecule has 0 radical (unpaired) electrons. The van der Waals surface area contributed by atoms with Crippen LogP contribution < -0.4 is 0 Å². The molecule has 2 heterocycles. The summed E-state index contributed by atoms with van der Waals surface area (Å²) in [5.41, 5.74) is 1.13. The molecular formula is C9H11ClO2S. The van der Waals surface area contributed by atoms with Gasteiger partial charge in [0.15, 0.2) is 0 Å². The average Bonchev–Trinajstić information content (AvgIpc) is 2.65. The molecule has 2 atom stereocenters. The van der Waals surface area contributed by atoms with Gasteiger partial charge in [0.1, 0.15) is 0 Å². The fourth-order valence-corrected chi connectivity index (χ4v) is 2.48. The second kappa shape index (κ2) is 3.96. The van der Waals surface area contributed by atoms with Crippen LogP contribution in [0.15, 0.2) is 11.4 Å². The molecule has 4 heteroatoms. The van der Waals surface area contributed by atoms with Gasteiger partial charge in [-0.15, -0.1) is 11.3 Å². The third-order valence-corrected chi connectivity index (χ3v) is 3.59. The van der Waals surface area contributed by atoms with E-state index in [0.717, 1.165) is 16.3 Å². The maximum Gasteiger partial charge on any atom is 0.0960 e. The average molecular weight is 219 g/mol. The molecule has 13 heavy (non-hydrogen) atoms. The van der Waals surface area contributed by atoms with Crippen LogP contribution in [0.2, 0.25) is 4.34 Å². The van der Waals surface area contributed by atoms with Crippen LogP contribution in [0.4, 0.5) is 0 Å². The molecule has 1 aliphatic rings. The summed E-state index contributed by atoms with van der Waals surface area (Å²) in [7, 11) is 0. The molecule has 0 aromatic carbocycles. The van der Waals surface area contributed by atoms with Crippen molar-refractivity contribution < 1.29 is 9.84 Å². The zero-order chi connectivity index (χ0) is 9.26. The largest absolute Gasteiger partial charge is 0.390 e. The maximum absolute atomic E-state index is 9.51. The van der Waals surface area contributed by atoms with Crippen LogP contribution in [-0.2, 0) is 11.2 Å². The lowest BCUT2D eigenvalue weighted by atomic mass is 9.99. The van der Waals surface area contributed by atoms with Gasteiger partial charge in [-0.2, -0.15) is 0 Å². The predicted molar refractivity (Wildman–Crippen MR) is 53.3 cm³/mol.